The number of guanidine groups is 1. The number of halogens is 1. The molecule has 0 amide bonds. The molecule has 7 nitrogen and oxygen atoms in total. The summed E-state index contributed by atoms with van der Waals surface area (Å²) in [6.07, 6.45) is 8.08. The van der Waals surface area contributed by atoms with Crippen LogP contribution in [0.3, 0.4) is 0 Å². The van der Waals surface area contributed by atoms with Crippen LogP contribution < -0.4 is 10.6 Å². The molecule has 0 saturated carbocycles. The van der Waals surface area contributed by atoms with Crippen LogP contribution >= 0.6 is 24.0 Å². The quantitative estimate of drug-likeness (QED) is 0.384. The van der Waals surface area contributed by atoms with Crippen LogP contribution in [0.4, 0.5) is 0 Å². The zero-order valence-corrected chi connectivity index (χ0v) is 17.1. The largest absolute Gasteiger partial charge is 0.355 e. The van der Waals surface area contributed by atoms with Crippen LogP contribution in [-0.2, 0) is 13.6 Å². The number of likely N-dealkylation sites (N-methyl/N-ethyl adjacent to an activating group) is 1. The van der Waals surface area contributed by atoms with Crippen LogP contribution in [0.2, 0.25) is 0 Å². The lowest BCUT2D eigenvalue weighted by Crippen LogP contribution is -2.42. The Labute approximate surface area is 161 Å². The predicted octanol–water partition coefficient (Wildman–Crippen LogP) is 1.31. The molecule has 0 aromatic carbocycles. The third-order valence-electron chi connectivity index (χ3n) is 3.75. The highest BCUT2D eigenvalue weighted by molar-refractivity contribution is 14.0. The monoisotopic (exact) mass is 445 g/mol. The van der Waals surface area contributed by atoms with E-state index in [1.54, 1.807) is 7.05 Å². The molecule has 0 saturated heterocycles. The first kappa shape index (κ1) is 20.5. The molecule has 0 radical (unpaired) electrons. The Bertz CT molecular complexity index is 604. The fraction of sp³-hybridized carbons (Fsp3) is 0.500. The fourth-order valence-corrected chi connectivity index (χ4v) is 2.45. The Morgan fingerprint density at radius 1 is 1.29 bits per heavy atom. The van der Waals surface area contributed by atoms with Gasteiger partial charge in [0.2, 0.25) is 0 Å². The fourth-order valence-electron chi connectivity index (χ4n) is 2.45. The number of aryl methyl sites for hydroxylation is 1. The first-order chi connectivity index (χ1) is 11.1. The molecule has 0 bridgehead atoms. The second kappa shape index (κ2) is 10.3. The van der Waals surface area contributed by atoms with Crippen molar-refractivity contribution in [1.82, 2.24) is 29.9 Å². The minimum Gasteiger partial charge on any atom is -0.355 e. The number of hydrogen-bond acceptors (Lipinski definition) is 3. The van der Waals surface area contributed by atoms with E-state index in [0.29, 0.717) is 0 Å². The number of nitrogens with zero attached hydrogens (tertiary/aromatic N) is 5. The van der Waals surface area contributed by atoms with Crippen molar-refractivity contribution in [3.63, 3.8) is 0 Å². The van der Waals surface area contributed by atoms with Gasteiger partial charge >= 0.3 is 0 Å². The van der Waals surface area contributed by atoms with Gasteiger partial charge in [-0.15, -0.1) is 24.0 Å². The zero-order valence-electron chi connectivity index (χ0n) is 14.8. The van der Waals surface area contributed by atoms with E-state index in [-0.39, 0.29) is 30.0 Å². The van der Waals surface area contributed by atoms with Gasteiger partial charge in [-0.05, 0) is 26.2 Å². The molecule has 0 fully saturated rings. The number of aliphatic imine (C=N–C) groups is 1. The minimum atomic E-state index is 0. The molecule has 2 N–H and O–H groups in total. The summed E-state index contributed by atoms with van der Waals surface area (Å²) in [5.74, 6) is 0.813. The second-order valence-electron chi connectivity index (χ2n) is 5.73. The smallest absolute Gasteiger partial charge is 0.191 e. The summed E-state index contributed by atoms with van der Waals surface area (Å²) in [5, 5.41) is 11.0. The van der Waals surface area contributed by atoms with Gasteiger partial charge in [-0.2, -0.15) is 5.10 Å². The van der Waals surface area contributed by atoms with Crippen molar-refractivity contribution in [2.45, 2.75) is 12.6 Å². The summed E-state index contributed by atoms with van der Waals surface area (Å²) in [5.41, 5.74) is 1.19. The van der Waals surface area contributed by atoms with Gasteiger partial charge in [-0.3, -0.25) is 9.67 Å². The van der Waals surface area contributed by atoms with Gasteiger partial charge in [0.15, 0.2) is 5.96 Å². The highest BCUT2D eigenvalue weighted by Crippen LogP contribution is 2.15. The summed E-state index contributed by atoms with van der Waals surface area (Å²) in [7, 11) is 7.87. The standard InChI is InChI=1S/C16H27N7.HI/c1-17-16(18-7-10-23-8-5-6-9-23)19-12-15(21(2)3)14-11-20-22(4)13-14;/h5-6,8-9,11,13,15H,7,10,12H2,1-4H3,(H2,17,18,19);1H. The van der Waals surface area contributed by atoms with Crippen molar-refractivity contribution in [2.75, 3.05) is 34.2 Å². The van der Waals surface area contributed by atoms with Gasteiger partial charge in [0.1, 0.15) is 0 Å². The molecule has 2 heterocycles. The molecule has 134 valence electrons. The molecule has 8 heteroatoms. The summed E-state index contributed by atoms with van der Waals surface area (Å²) in [6.45, 7) is 2.50. The molecular weight excluding hydrogens is 417 g/mol. The molecule has 1 atom stereocenters. The van der Waals surface area contributed by atoms with E-state index < -0.39 is 0 Å². The topological polar surface area (TPSA) is 62.4 Å². The maximum absolute atomic E-state index is 4.28. The molecule has 1 unspecified atom stereocenters. The van der Waals surface area contributed by atoms with Gasteiger partial charge < -0.3 is 20.1 Å². The Morgan fingerprint density at radius 2 is 2.00 bits per heavy atom. The number of rotatable bonds is 7. The normalized spacial score (nSPS) is 12.8. The molecule has 0 spiro atoms. The lowest BCUT2D eigenvalue weighted by Gasteiger charge is -2.24. The number of nitrogens with one attached hydrogen (secondary N) is 2. The van der Waals surface area contributed by atoms with Crippen molar-refractivity contribution in [2.24, 2.45) is 12.0 Å². The Kier molecular flexibility index (Phi) is 8.83. The maximum atomic E-state index is 4.28. The molecule has 0 aliphatic heterocycles. The van der Waals surface area contributed by atoms with E-state index in [1.807, 2.05) is 30.1 Å². The number of aromatic nitrogens is 3. The van der Waals surface area contributed by atoms with Crippen LogP contribution in [-0.4, -0.2) is 59.4 Å². The van der Waals surface area contributed by atoms with E-state index >= 15 is 0 Å². The molecule has 2 rings (SSSR count). The van der Waals surface area contributed by atoms with Gasteiger partial charge in [0.25, 0.3) is 0 Å². The van der Waals surface area contributed by atoms with E-state index in [4.69, 9.17) is 0 Å². The van der Waals surface area contributed by atoms with Gasteiger partial charge in [0.05, 0.1) is 12.2 Å². The lowest BCUT2D eigenvalue weighted by molar-refractivity contribution is 0.298. The summed E-state index contributed by atoms with van der Waals surface area (Å²) in [6, 6.07) is 4.30. The van der Waals surface area contributed by atoms with Crippen molar-refractivity contribution in [3.05, 3.63) is 42.5 Å². The highest BCUT2D eigenvalue weighted by Gasteiger charge is 2.16. The molecular formula is C16H28IN7. The van der Waals surface area contributed by atoms with Crippen molar-refractivity contribution >= 4 is 29.9 Å². The molecule has 0 aliphatic carbocycles. The van der Waals surface area contributed by atoms with Crippen LogP contribution in [0.25, 0.3) is 0 Å². The Balaban J connectivity index is 0.00000288. The molecule has 0 aliphatic rings. The molecule has 2 aromatic heterocycles. The van der Waals surface area contributed by atoms with Crippen LogP contribution in [0.1, 0.15) is 11.6 Å². The van der Waals surface area contributed by atoms with Crippen LogP contribution in [0, 0.1) is 0 Å². The SMILES string of the molecule is CN=C(NCCn1cccc1)NCC(c1cnn(C)c1)N(C)C.I. The summed E-state index contributed by atoms with van der Waals surface area (Å²) in [4.78, 5) is 6.46. The second-order valence-corrected chi connectivity index (χ2v) is 5.73. The van der Waals surface area contributed by atoms with Crippen molar-refractivity contribution in [1.29, 1.82) is 0 Å². The average molecular weight is 445 g/mol. The van der Waals surface area contributed by atoms with E-state index in [1.165, 1.54) is 5.56 Å². The van der Waals surface area contributed by atoms with E-state index in [0.717, 1.165) is 25.6 Å². The first-order valence-corrected chi connectivity index (χ1v) is 7.80. The highest BCUT2D eigenvalue weighted by atomic mass is 127. The molecule has 2 aromatic rings. The van der Waals surface area contributed by atoms with Gasteiger partial charge in [0, 0.05) is 57.9 Å². The van der Waals surface area contributed by atoms with Crippen molar-refractivity contribution in [3.8, 4) is 0 Å². The van der Waals surface area contributed by atoms with Crippen molar-refractivity contribution < 1.29 is 0 Å². The van der Waals surface area contributed by atoms with Gasteiger partial charge in [-0.1, -0.05) is 0 Å². The zero-order chi connectivity index (χ0) is 16.7. The van der Waals surface area contributed by atoms with E-state index in [9.17, 15) is 0 Å². The Hall–Kier alpha value is -1.55. The predicted molar refractivity (Wildman–Crippen MR) is 109 cm³/mol. The van der Waals surface area contributed by atoms with Crippen LogP contribution in [0.15, 0.2) is 41.9 Å². The Morgan fingerprint density at radius 3 is 2.54 bits per heavy atom. The third kappa shape index (κ3) is 6.16. The maximum Gasteiger partial charge on any atom is 0.191 e. The summed E-state index contributed by atoms with van der Waals surface area (Å²) >= 11 is 0. The first-order valence-electron chi connectivity index (χ1n) is 7.80. The lowest BCUT2D eigenvalue weighted by atomic mass is 10.1. The third-order valence-corrected chi connectivity index (χ3v) is 3.75. The van der Waals surface area contributed by atoms with E-state index in [2.05, 4.69) is 62.9 Å². The molecule has 24 heavy (non-hydrogen) atoms. The van der Waals surface area contributed by atoms with Gasteiger partial charge in [-0.25, -0.2) is 0 Å². The van der Waals surface area contributed by atoms with Crippen LogP contribution in [0.5, 0.6) is 0 Å². The average Bonchev–Trinajstić information content (AvgIpc) is 3.17. The minimum absolute atomic E-state index is 0. The number of hydrogen-bond donors (Lipinski definition) is 2. The summed E-state index contributed by atoms with van der Waals surface area (Å²) < 4.78 is 3.97.